The fraction of sp³-hybridized carbons (Fsp3) is 0.0476. The van der Waals surface area contributed by atoms with Crippen LogP contribution in [0.1, 0.15) is 33.4 Å². The van der Waals surface area contributed by atoms with Gasteiger partial charge < -0.3 is 4.42 Å². The number of benzene rings is 2. The first-order valence-corrected chi connectivity index (χ1v) is 8.68. The number of carbonyl (C=O) groups excluding carboxylic acids is 2. The topological polar surface area (TPSA) is 47.3 Å². The molecular formula is C21H14O3S. The fourth-order valence-electron chi connectivity index (χ4n) is 2.72. The summed E-state index contributed by atoms with van der Waals surface area (Å²) in [7, 11) is 0. The lowest BCUT2D eigenvalue weighted by atomic mass is 10.1. The van der Waals surface area contributed by atoms with Crippen molar-refractivity contribution < 1.29 is 14.0 Å². The largest absolute Gasteiger partial charge is 0.457 e. The number of thioether (sulfide) groups is 1. The van der Waals surface area contributed by atoms with Crippen molar-refractivity contribution in [1.29, 1.82) is 0 Å². The highest BCUT2D eigenvalue weighted by molar-refractivity contribution is 8.04. The van der Waals surface area contributed by atoms with Gasteiger partial charge in [-0.25, -0.2) is 0 Å². The number of ketones is 2. The highest BCUT2D eigenvalue weighted by atomic mass is 32.2. The van der Waals surface area contributed by atoms with Gasteiger partial charge in [-0.05, 0) is 37.3 Å². The number of hydrogen-bond donors (Lipinski definition) is 0. The number of hydrogen-bond acceptors (Lipinski definition) is 4. The molecule has 1 aliphatic rings. The van der Waals surface area contributed by atoms with E-state index in [1.807, 2.05) is 48.5 Å². The van der Waals surface area contributed by atoms with Crippen molar-refractivity contribution in [2.75, 3.05) is 0 Å². The van der Waals surface area contributed by atoms with Gasteiger partial charge in [0.2, 0.25) is 5.78 Å². The van der Waals surface area contributed by atoms with E-state index in [2.05, 4.69) is 0 Å². The maximum Gasteiger partial charge on any atom is 0.200 e. The highest BCUT2D eigenvalue weighted by Gasteiger charge is 2.25. The third-order valence-electron chi connectivity index (χ3n) is 4.05. The first-order chi connectivity index (χ1) is 12.1. The van der Waals surface area contributed by atoms with E-state index in [1.165, 1.54) is 11.8 Å². The monoisotopic (exact) mass is 346 g/mol. The van der Waals surface area contributed by atoms with Crippen molar-refractivity contribution in [3.63, 3.8) is 0 Å². The van der Waals surface area contributed by atoms with Crippen molar-refractivity contribution >= 4 is 29.4 Å². The molecule has 2 aromatic carbocycles. The standard InChI is InChI=1S/C21H14O3S/c1-13(22)14-6-8-15(9-7-14)18-11-10-16(24-18)12-20-21(23)17-4-2-3-5-19(17)25-20/h2-12H,1H3. The Bertz CT molecular complexity index is 1010. The Kier molecular flexibility index (Phi) is 3.90. The predicted molar refractivity (Wildman–Crippen MR) is 98.8 cm³/mol. The number of fused-ring (bicyclic) bond motifs is 1. The minimum absolute atomic E-state index is 0.0318. The zero-order chi connectivity index (χ0) is 17.4. The molecule has 0 bridgehead atoms. The molecule has 2 heterocycles. The lowest BCUT2D eigenvalue weighted by molar-refractivity contribution is 0.101. The van der Waals surface area contributed by atoms with E-state index in [0.717, 1.165) is 16.0 Å². The third-order valence-corrected chi connectivity index (χ3v) is 5.15. The Morgan fingerprint density at radius 3 is 2.48 bits per heavy atom. The van der Waals surface area contributed by atoms with Gasteiger partial charge in [0.1, 0.15) is 11.5 Å². The minimum atomic E-state index is 0.0318. The number of carbonyl (C=O) groups is 2. The van der Waals surface area contributed by atoms with Crippen LogP contribution < -0.4 is 0 Å². The van der Waals surface area contributed by atoms with Crippen LogP contribution in [0, 0.1) is 0 Å². The summed E-state index contributed by atoms with van der Waals surface area (Å²) in [4.78, 5) is 25.4. The second kappa shape index (κ2) is 6.22. The molecule has 0 aliphatic carbocycles. The molecule has 3 aromatic rings. The van der Waals surface area contributed by atoms with Gasteiger partial charge in [0.15, 0.2) is 5.78 Å². The van der Waals surface area contributed by atoms with Gasteiger partial charge in [-0.15, -0.1) is 0 Å². The van der Waals surface area contributed by atoms with Gasteiger partial charge in [-0.2, -0.15) is 0 Å². The van der Waals surface area contributed by atoms with Crippen LogP contribution >= 0.6 is 11.8 Å². The molecule has 0 amide bonds. The maximum atomic E-state index is 12.4. The van der Waals surface area contributed by atoms with Gasteiger partial charge in [0, 0.05) is 21.6 Å². The molecule has 0 saturated heterocycles. The summed E-state index contributed by atoms with van der Waals surface area (Å²) >= 11 is 1.46. The zero-order valence-corrected chi connectivity index (χ0v) is 14.3. The van der Waals surface area contributed by atoms with Crippen molar-refractivity contribution in [1.82, 2.24) is 0 Å². The number of rotatable bonds is 3. The number of allylic oxidation sites excluding steroid dienone is 1. The maximum absolute atomic E-state index is 12.4. The Balaban J connectivity index is 1.60. The lowest BCUT2D eigenvalue weighted by Gasteiger charge is -1.99. The molecule has 0 atom stereocenters. The lowest BCUT2D eigenvalue weighted by Crippen LogP contribution is -1.93. The smallest absolute Gasteiger partial charge is 0.200 e. The van der Waals surface area contributed by atoms with Crippen molar-refractivity contribution in [3.05, 3.63) is 82.5 Å². The summed E-state index contributed by atoms with van der Waals surface area (Å²) in [5.41, 5.74) is 2.30. The van der Waals surface area contributed by atoms with E-state index in [4.69, 9.17) is 4.42 Å². The molecule has 1 aromatic heterocycles. The molecule has 4 rings (SSSR count). The zero-order valence-electron chi connectivity index (χ0n) is 13.5. The van der Waals surface area contributed by atoms with E-state index in [-0.39, 0.29) is 11.6 Å². The normalized spacial score (nSPS) is 14.8. The minimum Gasteiger partial charge on any atom is -0.457 e. The SMILES string of the molecule is CC(=O)c1ccc(-c2ccc(C=C3Sc4ccccc4C3=O)o2)cc1. The van der Waals surface area contributed by atoms with Crippen LogP contribution in [0.25, 0.3) is 17.4 Å². The van der Waals surface area contributed by atoms with Gasteiger partial charge >= 0.3 is 0 Å². The van der Waals surface area contributed by atoms with E-state index < -0.39 is 0 Å². The van der Waals surface area contributed by atoms with Crippen LogP contribution in [0.4, 0.5) is 0 Å². The third kappa shape index (κ3) is 2.96. The summed E-state index contributed by atoms with van der Waals surface area (Å²) in [5.74, 6) is 1.40. The van der Waals surface area contributed by atoms with Crippen LogP contribution in [-0.2, 0) is 0 Å². The average Bonchev–Trinajstić information content (AvgIpc) is 3.21. The Hall–Kier alpha value is -2.85. The Labute approximate surface area is 149 Å². The highest BCUT2D eigenvalue weighted by Crippen LogP contribution is 2.40. The van der Waals surface area contributed by atoms with E-state index in [1.54, 1.807) is 25.1 Å². The summed E-state index contributed by atoms with van der Waals surface area (Å²) in [6.45, 7) is 1.54. The number of furan rings is 1. The summed E-state index contributed by atoms with van der Waals surface area (Å²) < 4.78 is 5.85. The van der Waals surface area contributed by atoms with E-state index in [9.17, 15) is 9.59 Å². The Morgan fingerprint density at radius 2 is 1.76 bits per heavy atom. The average molecular weight is 346 g/mol. The quantitative estimate of drug-likeness (QED) is 0.465. The number of Topliss-reactive ketones (excluding diaryl/α,β-unsaturated/α-hetero) is 2. The van der Waals surface area contributed by atoms with Gasteiger partial charge in [-0.1, -0.05) is 48.2 Å². The van der Waals surface area contributed by atoms with Crippen LogP contribution in [0.5, 0.6) is 0 Å². The van der Waals surface area contributed by atoms with E-state index >= 15 is 0 Å². The van der Waals surface area contributed by atoms with Crippen LogP contribution in [-0.4, -0.2) is 11.6 Å². The van der Waals surface area contributed by atoms with Crippen molar-refractivity contribution in [2.45, 2.75) is 11.8 Å². The second-order valence-electron chi connectivity index (χ2n) is 5.77. The molecule has 0 N–H and O–H groups in total. The first-order valence-electron chi connectivity index (χ1n) is 7.86. The molecule has 0 radical (unpaired) electrons. The molecular weight excluding hydrogens is 332 g/mol. The molecule has 0 saturated carbocycles. The molecule has 4 heteroatoms. The van der Waals surface area contributed by atoms with Crippen LogP contribution in [0.2, 0.25) is 0 Å². The van der Waals surface area contributed by atoms with Gasteiger partial charge in [0.05, 0.1) is 4.91 Å². The fourth-order valence-corrected chi connectivity index (χ4v) is 3.75. The van der Waals surface area contributed by atoms with Gasteiger partial charge in [-0.3, -0.25) is 9.59 Å². The molecule has 3 nitrogen and oxygen atoms in total. The predicted octanol–water partition coefficient (Wildman–Crippen LogP) is 5.48. The Morgan fingerprint density at radius 1 is 1.00 bits per heavy atom. The summed E-state index contributed by atoms with van der Waals surface area (Å²) in [6.07, 6.45) is 1.78. The molecule has 25 heavy (non-hydrogen) atoms. The van der Waals surface area contributed by atoms with Crippen molar-refractivity contribution in [2.24, 2.45) is 0 Å². The molecule has 1 aliphatic heterocycles. The molecule has 122 valence electrons. The van der Waals surface area contributed by atoms with E-state index in [0.29, 0.717) is 22.0 Å². The first kappa shape index (κ1) is 15.7. The molecule has 0 spiro atoms. The molecule has 0 unspecified atom stereocenters. The van der Waals surface area contributed by atoms with Crippen LogP contribution in [0.15, 0.2) is 74.9 Å². The van der Waals surface area contributed by atoms with Gasteiger partial charge in [0.25, 0.3) is 0 Å². The molecule has 0 fully saturated rings. The van der Waals surface area contributed by atoms with Crippen molar-refractivity contribution in [3.8, 4) is 11.3 Å². The summed E-state index contributed by atoms with van der Waals surface area (Å²) in [5, 5.41) is 0. The summed E-state index contributed by atoms with van der Waals surface area (Å²) in [6, 6.07) is 18.6. The second-order valence-corrected chi connectivity index (χ2v) is 6.86. The van der Waals surface area contributed by atoms with Crippen LogP contribution in [0.3, 0.4) is 0 Å².